The van der Waals surface area contributed by atoms with Crippen LogP contribution in [0.15, 0.2) is 73.0 Å². The molecule has 0 saturated carbocycles. The fourth-order valence-electron chi connectivity index (χ4n) is 3.11. The van der Waals surface area contributed by atoms with Crippen LogP contribution in [-0.4, -0.2) is 20.2 Å². The predicted octanol–water partition coefficient (Wildman–Crippen LogP) is 5.07. The Bertz CT molecular complexity index is 1340. The van der Waals surface area contributed by atoms with Crippen molar-refractivity contribution >= 4 is 33.3 Å². The van der Waals surface area contributed by atoms with Crippen LogP contribution in [0, 0.1) is 0 Å². The minimum Gasteiger partial charge on any atom is -0.464 e. The van der Waals surface area contributed by atoms with E-state index in [0.29, 0.717) is 39.3 Å². The number of aromatic nitrogens is 4. The van der Waals surface area contributed by atoms with E-state index >= 15 is 0 Å². The molecule has 1 aromatic carbocycles. The fraction of sp³-hybridized carbons (Fsp3) is 0.143. The third kappa shape index (κ3) is 3.69. The summed E-state index contributed by atoms with van der Waals surface area (Å²) in [6.07, 6.45) is 2.17. The molecule has 1 atom stereocenters. The maximum Gasteiger partial charge on any atom is 0.277 e. The molecule has 30 heavy (non-hydrogen) atoms. The summed E-state index contributed by atoms with van der Waals surface area (Å²) in [5, 5.41) is 10.9. The number of aromatic amines is 1. The predicted molar refractivity (Wildman–Crippen MR) is 116 cm³/mol. The van der Waals surface area contributed by atoms with Crippen LogP contribution in [0.2, 0.25) is 0 Å². The normalized spacial score (nSPS) is 12.4. The number of furan rings is 1. The Hall–Kier alpha value is -3.17. The smallest absolute Gasteiger partial charge is 0.277 e. The summed E-state index contributed by atoms with van der Waals surface area (Å²) >= 11 is 2.78. The van der Waals surface area contributed by atoms with Gasteiger partial charge in [-0.2, -0.15) is 0 Å². The molecule has 0 aliphatic heterocycles. The summed E-state index contributed by atoms with van der Waals surface area (Å²) in [6, 6.07) is 13.6. The van der Waals surface area contributed by atoms with Gasteiger partial charge in [0.15, 0.2) is 0 Å². The second-order valence-corrected chi connectivity index (χ2v) is 8.79. The lowest BCUT2D eigenvalue weighted by atomic mass is 10.2. The van der Waals surface area contributed by atoms with Crippen LogP contribution in [0.4, 0.5) is 0 Å². The van der Waals surface area contributed by atoms with E-state index in [2.05, 4.69) is 20.2 Å². The average Bonchev–Trinajstić information content (AvgIpc) is 3.49. The SMILES string of the molecule is C[C@H](Sc1nnc(Cc2ccccc2)o1)c1nc2scc(-c3ccco3)c2c(=O)[nH]1. The lowest BCUT2D eigenvalue weighted by Crippen LogP contribution is -2.12. The first kappa shape index (κ1) is 18.8. The van der Waals surface area contributed by atoms with Crippen LogP contribution in [0.3, 0.4) is 0 Å². The van der Waals surface area contributed by atoms with E-state index in [1.807, 2.05) is 48.7 Å². The molecule has 0 radical (unpaired) electrons. The van der Waals surface area contributed by atoms with Crippen LogP contribution in [0.1, 0.15) is 29.5 Å². The van der Waals surface area contributed by atoms with E-state index in [9.17, 15) is 4.79 Å². The number of fused-ring (bicyclic) bond motifs is 1. The van der Waals surface area contributed by atoms with Crippen molar-refractivity contribution < 1.29 is 8.83 Å². The Morgan fingerprint density at radius 3 is 2.83 bits per heavy atom. The van der Waals surface area contributed by atoms with Crippen LogP contribution < -0.4 is 5.56 Å². The number of benzene rings is 1. The van der Waals surface area contributed by atoms with Crippen molar-refractivity contribution in [2.75, 3.05) is 0 Å². The number of thiophene rings is 1. The number of H-pyrrole nitrogens is 1. The minimum atomic E-state index is -0.189. The number of rotatable bonds is 6. The first-order chi connectivity index (χ1) is 14.7. The highest BCUT2D eigenvalue weighted by molar-refractivity contribution is 7.99. The third-order valence-electron chi connectivity index (χ3n) is 4.56. The van der Waals surface area contributed by atoms with Gasteiger partial charge in [-0.05, 0) is 24.6 Å². The molecule has 0 bridgehead atoms. The molecule has 0 aliphatic carbocycles. The molecule has 9 heteroatoms. The van der Waals surface area contributed by atoms with Gasteiger partial charge in [0.2, 0.25) is 5.89 Å². The highest BCUT2D eigenvalue weighted by Gasteiger charge is 2.19. The van der Waals surface area contributed by atoms with Gasteiger partial charge in [-0.25, -0.2) is 4.98 Å². The van der Waals surface area contributed by atoms with Crippen LogP contribution in [-0.2, 0) is 6.42 Å². The lowest BCUT2D eigenvalue weighted by molar-refractivity contribution is 0.419. The molecule has 4 aromatic heterocycles. The van der Waals surface area contributed by atoms with Gasteiger partial charge >= 0.3 is 0 Å². The number of hydrogen-bond donors (Lipinski definition) is 1. The Morgan fingerprint density at radius 1 is 1.17 bits per heavy atom. The van der Waals surface area contributed by atoms with Crippen molar-refractivity contribution in [1.29, 1.82) is 0 Å². The van der Waals surface area contributed by atoms with Gasteiger partial charge in [0.05, 0.1) is 23.3 Å². The van der Waals surface area contributed by atoms with Gasteiger partial charge in [0, 0.05) is 10.9 Å². The van der Waals surface area contributed by atoms with Gasteiger partial charge < -0.3 is 13.8 Å². The topological polar surface area (TPSA) is 97.8 Å². The van der Waals surface area contributed by atoms with E-state index < -0.39 is 0 Å². The van der Waals surface area contributed by atoms with Crippen molar-refractivity contribution in [3.8, 4) is 11.3 Å². The fourth-order valence-corrected chi connectivity index (χ4v) is 4.80. The van der Waals surface area contributed by atoms with Crippen molar-refractivity contribution in [2.24, 2.45) is 0 Å². The number of nitrogens with zero attached hydrogens (tertiary/aromatic N) is 3. The largest absolute Gasteiger partial charge is 0.464 e. The molecular formula is C21H16N4O3S2. The van der Waals surface area contributed by atoms with E-state index in [0.717, 1.165) is 11.1 Å². The summed E-state index contributed by atoms with van der Waals surface area (Å²) in [5.74, 6) is 1.77. The Balaban J connectivity index is 1.36. The molecule has 0 aliphatic rings. The van der Waals surface area contributed by atoms with Crippen molar-refractivity contribution in [3.63, 3.8) is 0 Å². The quantitative estimate of drug-likeness (QED) is 0.371. The molecule has 0 fully saturated rings. The van der Waals surface area contributed by atoms with Crippen molar-refractivity contribution in [2.45, 2.75) is 23.8 Å². The van der Waals surface area contributed by atoms with Gasteiger partial charge in [-0.1, -0.05) is 42.1 Å². The first-order valence-corrected chi connectivity index (χ1v) is 11.0. The molecule has 7 nitrogen and oxygen atoms in total. The lowest BCUT2D eigenvalue weighted by Gasteiger charge is -2.07. The first-order valence-electron chi connectivity index (χ1n) is 9.25. The Kier molecular flexibility index (Phi) is 4.97. The van der Waals surface area contributed by atoms with Gasteiger partial charge in [-0.3, -0.25) is 4.79 Å². The van der Waals surface area contributed by atoms with Crippen molar-refractivity contribution in [3.05, 3.63) is 81.7 Å². The van der Waals surface area contributed by atoms with Crippen LogP contribution in [0.25, 0.3) is 21.5 Å². The zero-order valence-corrected chi connectivity index (χ0v) is 17.5. The maximum absolute atomic E-state index is 12.7. The Labute approximate surface area is 179 Å². The molecule has 0 amide bonds. The second kappa shape index (κ2) is 7.92. The van der Waals surface area contributed by atoms with Crippen molar-refractivity contribution in [1.82, 2.24) is 20.2 Å². The van der Waals surface area contributed by atoms with Crippen LogP contribution in [0.5, 0.6) is 0 Å². The highest BCUT2D eigenvalue weighted by atomic mass is 32.2. The molecular weight excluding hydrogens is 420 g/mol. The maximum atomic E-state index is 12.7. The number of nitrogens with one attached hydrogen (secondary N) is 1. The zero-order valence-electron chi connectivity index (χ0n) is 15.9. The number of thioether (sulfide) groups is 1. The van der Waals surface area contributed by atoms with Crippen LogP contribution >= 0.6 is 23.1 Å². The second-order valence-electron chi connectivity index (χ2n) is 6.64. The average molecular weight is 437 g/mol. The molecule has 150 valence electrons. The zero-order chi connectivity index (χ0) is 20.5. The summed E-state index contributed by atoms with van der Waals surface area (Å²) < 4.78 is 11.2. The Morgan fingerprint density at radius 2 is 2.03 bits per heavy atom. The summed E-state index contributed by atoms with van der Waals surface area (Å²) in [5.41, 5.74) is 1.67. The van der Waals surface area contributed by atoms with Gasteiger partial charge in [0.1, 0.15) is 16.4 Å². The monoisotopic (exact) mass is 436 g/mol. The molecule has 0 saturated heterocycles. The summed E-state index contributed by atoms with van der Waals surface area (Å²) in [7, 11) is 0. The highest BCUT2D eigenvalue weighted by Crippen LogP contribution is 2.35. The number of hydrogen-bond acceptors (Lipinski definition) is 8. The van der Waals surface area contributed by atoms with E-state index in [1.165, 1.54) is 23.1 Å². The summed E-state index contributed by atoms with van der Waals surface area (Å²) in [6.45, 7) is 1.94. The molecule has 1 N–H and O–H groups in total. The van der Waals surface area contributed by atoms with E-state index in [-0.39, 0.29) is 10.8 Å². The van der Waals surface area contributed by atoms with Gasteiger partial charge in [0.25, 0.3) is 10.8 Å². The molecule has 4 heterocycles. The molecule has 5 rings (SSSR count). The third-order valence-corrected chi connectivity index (χ3v) is 6.37. The minimum absolute atomic E-state index is 0.165. The van der Waals surface area contributed by atoms with Gasteiger partial charge in [-0.15, -0.1) is 21.5 Å². The van der Waals surface area contributed by atoms with E-state index in [4.69, 9.17) is 8.83 Å². The molecule has 5 aromatic rings. The molecule has 0 spiro atoms. The van der Waals surface area contributed by atoms with E-state index in [1.54, 1.807) is 12.3 Å². The summed E-state index contributed by atoms with van der Waals surface area (Å²) in [4.78, 5) is 21.0. The molecule has 0 unspecified atom stereocenters. The standard InChI is InChI=1S/C21H16N4O3S2/c1-12(30-21-25-24-16(28-21)10-13-6-3-2-4-7-13)18-22-19(26)17-14(11-29-20(17)23-18)15-8-5-9-27-15/h2-9,11-12H,10H2,1H3,(H,22,23,26)/t12-/m0/s1.